The molecule has 1 N–H and O–H groups in total. The minimum atomic E-state index is 0.643. The molecular weight excluding hydrogens is 238 g/mol. The van der Waals surface area contributed by atoms with Crippen molar-refractivity contribution in [3.05, 3.63) is 22.4 Å². The Morgan fingerprint density at radius 2 is 2.06 bits per heavy atom. The van der Waals surface area contributed by atoms with E-state index in [-0.39, 0.29) is 0 Å². The summed E-state index contributed by atoms with van der Waals surface area (Å²) in [6.07, 6.45) is 11.4. The van der Waals surface area contributed by atoms with Crippen LogP contribution in [0.4, 0.5) is 0 Å². The highest BCUT2D eigenvalue weighted by atomic mass is 32.1. The Morgan fingerprint density at radius 3 is 2.72 bits per heavy atom. The van der Waals surface area contributed by atoms with Crippen LogP contribution in [0.1, 0.15) is 56.7 Å². The number of hydrogen-bond acceptors (Lipinski definition) is 2. The molecule has 0 spiro atoms. The van der Waals surface area contributed by atoms with E-state index in [1.54, 1.807) is 4.88 Å². The molecule has 1 aromatic heterocycles. The van der Waals surface area contributed by atoms with Gasteiger partial charge in [-0.1, -0.05) is 32.3 Å². The third-order valence-corrected chi connectivity index (χ3v) is 5.41. The highest BCUT2D eigenvalue weighted by Crippen LogP contribution is 2.43. The molecule has 0 saturated heterocycles. The van der Waals surface area contributed by atoms with Crippen molar-refractivity contribution in [1.29, 1.82) is 0 Å². The molecule has 0 radical (unpaired) electrons. The predicted octanol–water partition coefficient (Wildman–Crippen LogP) is 4.63. The van der Waals surface area contributed by atoms with Crippen molar-refractivity contribution in [3.8, 4) is 0 Å². The zero-order valence-electron chi connectivity index (χ0n) is 11.7. The fourth-order valence-corrected chi connectivity index (χ4v) is 4.01. The molecule has 102 valence electrons. The Hall–Kier alpha value is -0.340. The van der Waals surface area contributed by atoms with E-state index >= 15 is 0 Å². The monoisotopic (exact) mass is 265 g/mol. The van der Waals surface area contributed by atoms with Gasteiger partial charge in [0.25, 0.3) is 0 Å². The summed E-state index contributed by atoms with van der Waals surface area (Å²) in [4.78, 5) is 1.57. The second-order valence-corrected chi connectivity index (χ2v) is 6.78. The van der Waals surface area contributed by atoms with Crippen LogP contribution in [-0.4, -0.2) is 13.1 Å². The Kier molecular flexibility index (Phi) is 5.71. The summed E-state index contributed by atoms with van der Waals surface area (Å²) >= 11 is 1.92. The van der Waals surface area contributed by atoms with Gasteiger partial charge in [0.1, 0.15) is 0 Å². The third kappa shape index (κ3) is 4.10. The highest BCUT2D eigenvalue weighted by molar-refractivity contribution is 7.09. The quantitative estimate of drug-likeness (QED) is 0.709. The van der Waals surface area contributed by atoms with Crippen LogP contribution in [-0.2, 0) is 6.42 Å². The Bertz CT molecular complexity index is 312. The first-order chi connectivity index (χ1) is 8.85. The van der Waals surface area contributed by atoms with Crippen LogP contribution in [0, 0.1) is 5.41 Å². The second kappa shape index (κ2) is 7.30. The summed E-state index contributed by atoms with van der Waals surface area (Å²) in [5.41, 5.74) is 0.643. The minimum absolute atomic E-state index is 0.643. The molecule has 2 rings (SSSR count). The smallest absolute Gasteiger partial charge is 0.00454 e. The molecular formula is C16H27NS. The van der Waals surface area contributed by atoms with Gasteiger partial charge in [0.2, 0.25) is 0 Å². The van der Waals surface area contributed by atoms with Gasteiger partial charge in [-0.25, -0.2) is 0 Å². The summed E-state index contributed by atoms with van der Waals surface area (Å²) in [7, 11) is 0. The predicted molar refractivity (Wildman–Crippen MR) is 81.3 cm³/mol. The fourth-order valence-electron chi connectivity index (χ4n) is 3.30. The van der Waals surface area contributed by atoms with Crippen LogP contribution in [0.25, 0.3) is 0 Å². The van der Waals surface area contributed by atoms with Gasteiger partial charge in [-0.15, -0.1) is 11.3 Å². The maximum Gasteiger partial charge on any atom is 0.00454 e. The van der Waals surface area contributed by atoms with E-state index in [1.165, 1.54) is 57.9 Å². The van der Waals surface area contributed by atoms with Crippen LogP contribution in [0.15, 0.2) is 17.5 Å². The molecule has 0 aliphatic heterocycles. The Morgan fingerprint density at radius 1 is 1.22 bits per heavy atom. The fraction of sp³-hybridized carbons (Fsp3) is 0.750. The van der Waals surface area contributed by atoms with Crippen LogP contribution in [0.2, 0.25) is 0 Å². The van der Waals surface area contributed by atoms with Gasteiger partial charge in [0.15, 0.2) is 0 Å². The van der Waals surface area contributed by atoms with E-state index in [2.05, 4.69) is 29.8 Å². The van der Waals surface area contributed by atoms with Gasteiger partial charge >= 0.3 is 0 Å². The lowest BCUT2D eigenvalue weighted by molar-refractivity contribution is 0.157. The molecule has 1 saturated carbocycles. The van der Waals surface area contributed by atoms with Crippen molar-refractivity contribution in [2.75, 3.05) is 13.1 Å². The van der Waals surface area contributed by atoms with Crippen LogP contribution in [0.3, 0.4) is 0 Å². The van der Waals surface area contributed by atoms with Crippen molar-refractivity contribution in [3.63, 3.8) is 0 Å². The summed E-state index contributed by atoms with van der Waals surface area (Å²) in [5, 5.41) is 5.73. The van der Waals surface area contributed by atoms with Gasteiger partial charge < -0.3 is 5.32 Å². The molecule has 1 aromatic rings. The summed E-state index contributed by atoms with van der Waals surface area (Å²) in [6.45, 7) is 4.53. The zero-order chi connectivity index (χ0) is 12.7. The standard InChI is InChI=1S/C16H27NS/c1-2-17-13-12-16(9-4-3-5-10-16)11-8-15-7-6-14-18-15/h6-7,14,17H,2-5,8-13H2,1H3. The number of hydrogen-bond donors (Lipinski definition) is 1. The normalized spacial score (nSPS) is 18.9. The first kappa shape index (κ1) is 14.1. The second-order valence-electron chi connectivity index (χ2n) is 5.74. The van der Waals surface area contributed by atoms with Gasteiger partial charge in [-0.05, 0) is 62.1 Å². The summed E-state index contributed by atoms with van der Waals surface area (Å²) < 4.78 is 0. The van der Waals surface area contributed by atoms with Crippen molar-refractivity contribution in [1.82, 2.24) is 5.32 Å². The molecule has 0 bridgehead atoms. The average molecular weight is 265 g/mol. The van der Waals surface area contributed by atoms with Gasteiger partial charge in [-0.3, -0.25) is 0 Å². The first-order valence-corrected chi connectivity index (χ1v) is 8.46. The van der Waals surface area contributed by atoms with Gasteiger partial charge in [-0.2, -0.15) is 0 Å². The first-order valence-electron chi connectivity index (χ1n) is 7.58. The maximum atomic E-state index is 3.52. The molecule has 1 fully saturated rings. The van der Waals surface area contributed by atoms with Gasteiger partial charge in [0.05, 0.1) is 0 Å². The Labute approximate surface area is 116 Å². The molecule has 2 heteroatoms. The maximum absolute atomic E-state index is 3.52. The lowest BCUT2D eigenvalue weighted by atomic mass is 9.69. The van der Waals surface area contributed by atoms with E-state index in [1.807, 2.05) is 11.3 Å². The van der Waals surface area contributed by atoms with Crippen molar-refractivity contribution >= 4 is 11.3 Å². The van der Waals surface area contributed by atoms with Crippen molar-refractivity contribution < 1.29 is 0 Å². The molecule has 0 atom stereocenters. The summed E-state index contributed by atoms with van der Waals surface area (Å²) in [5.74, 6) is 0. The average Bonchev–Trinajstić information content (AvgIpc) is 2.91. The summed E-state index contributed by atoms with van der Waals surface area (Å²) in [6, 6.07) is 4.48. The zero-order valence-corrected chi connectivity index (χ0v) is 12.5. The van der Waals surface area contributed by atoms with Gasteiger partial charge in [0, 0.05) is 4.88 Å². The van der Waals surface area contributed by atoms with E-state index in [0.29, 0.717) is 5.41 Å². The van der Waals surface area contributed by atoms with Crippen LogP contribution < -0.4 is 5.32 Å². The molecule has 18 heavy (non-hydrogen) atoms. The number of rotatable bonds is 7. The van der Waals surface area contributed by atoms with E-state index in [9.17, 15) is 0 Å². The van der Waals surface area contributed by atoms with E-state index in [4.69, 9.17) is 0 Å². The van der Waals surface area contributed by atoms with Crippen molar-refractivity contribution in [2.24, 2.45) is 5.41 Å². The SMILES string of the molecule is CCNCCC1(CCc2cccs2)CCCCC1. The molecule has 1 nitrogen and oxygen atoms in total. The highest BCUT2D eigenvalue weighted by Gasteiger charge is 2.30. The van der Waals surface area contributed by atoms with E-state index in [0.717, 1.165) is 6.54 Å². The van der Waals surface area contributed by atoms with Crippen LogP contribution >= 0.6 is 11.3 Å². The third-order valence-electron chi connectivity index (χ3n) is 4.48. The number of thiophene rings is 1. The number of nitrogens with one attached hydrogen (secondary N) is 1. The molecule has 1 aliphatic rings. The minimum Gasteiger partial charge on any atom is -0.317 e. The molecule has 0 amide bonds. The van der Waals surface area contributed by atoms with Crippen LogP contribution in [0.5, 0.6) is 0 Å². The molecule has 1 heterocycles. The molecule has 0 aromatic carbocycles. The van der Waals surface area contributed by atoms with E-state index < -0.39 is 0 Å². The molecule has 1 aliphatic carbocycles. The topological polar surface area (TPSA) is 12.0 Å². The largest absolute Gasteiger partial charge is 0.317 e. The lowest BCUT2D eigenvalue weighted by Gasteiger charge is -2.37. The van der Waals surface area contributed by atoms with Crippen molar-refractivity contribution in [2.45, 2.75) is 58.3 Å². The molecule has 0 unspecified atom stereocenters. The Balaban J connectivity index is 1.86. The number of aryl methyl sites for hydroxylation is 1. The lowest BCUT2D eigenvalue weighted by Crippen LogP contribution is -2.29.